The maximum atomic E-state index is 6.18. The normalized spacial score (nSPS) is 11.6. The molecule has 0 saturated heterocycles. The van der Waals surface area contributed by atoms with Gasteiger partial charge in [-0.05, 0) is 12.1 Å². The van der Waals surface area contributed by atoms with Crippen molar-refractivity contribution in [3.8, 4) is 56.4 Å². The molecule has 0 N–H and O–H groups in total. The van der Waals surface area contributed by atoms with Crippen LogP contribution in [0.2, 0.25) is 0 Å². The maximum absolute atomic E-state index is 6.18. The summed E-state index contributed by atoms with van der Waals surface area (Å²) in [6.07, 6.45) is 0. The van der Waals surface area contributed by atoms with Gasteiger partial charge in [0.1, 0.15) is 5.58 Å². The minimum atomic E-state index is 0.159. The summed E-state index contributed by atoms with van der Waals surface area (Å²) >= 11 is 0.159. The zero-order valence-electron chi connectivity index (χ0n) is 26.7. The van der Waals surface area contributed by atoms with Crippen LogP contribution in [0.3, 0.4) is 0 Å². The Hall–Kier alpha value is -6.13. The molecule has 10 aromatic rings. The van der Waals surface area contributed by atoms with Crippen LogP contribution < -0.4 is 0 Å². The van der Waals surface area contributed by atoms with Crippen LogP contribution in [0, 0.1) is 0 Å². The van der Waals surface area contributed by atoms with Gasteiger partial charge in [-0.3, -0.25) is 0 Å². The van der Waals surface area contributed by atoms with Crippen LogP contribution in [-0.2, 0) is 0 Å². The number of rotatable bonds is 5. The molecule has 0 aliphatic carbocycles. The molecule has 0 radical (unpaired) electrons. The van der Waals surface area contributed by atoms with Crippen molar-refractivity contribution in [3.05, 3.63) is 164 Å². The van der Waals surface area contributed by atoms with Gasteiger partial charge in [0, 0.05) is 0 Å². The quantitative estimate of drug-likeness (QED) is 0.167. The van der Waals surface area contributed by atoms with Crippen LogP contribution in [-0.4, -0.2) is 29.5 Å². The molecule has 5 heteroatoms. The van der Waals surface area contributed by atoms with E-state index in [4.69, 9.17) is 19.4 Å². The van der Waals surface area contributed by atoms with E-state index < -0.39 is 0 Å². The standard InChI is InChI=1S/C45H27N3OSe/c1-2-10-28(11-3-1)29-20-24-31(25-21-29)43-46-44(48-45(47-43)37-16-8-15-35-34-12-5-7-19-40(34)50-42(35)37)32-26-22-30(23-27-32)33-14-9-18-39-41(33)36-13-4-6-17-38(36)49-39/h1-27H. The molecule has 4 nitrogen and oxygen atoms in total. The summed E-state index contributed by atoms with van der Waals surface area (Å²) in [5.74, 6) is 2.00. The molecular weight excluding hydrogens is 677 g/mol. The summed E-state index contributed by atoms with van der Waals surface area (Å²) in [5, 5.41) is 4.83. The van der Waals surface area contributed by atoms with Gasteiger partial charge in [-0.25, -0.2) is 0 Å². The molecule has 0 bridgehead atoms. The second-order valence-electron chi connectivity index (χ2n) is 12.4. The number of furan rings is 1. The zero-order chi connectivity index (χ0) is 33.0. The van der Waals surface area contributed by atoms with E-state index in [-0.39, 0.29) is 14.5 Å². The molecule has 0 saturated carbocycles. The van der Waals surface area contributed by atoms with Crippen molar-refractivity contribution in [1.82, 2.24) is 15.0 Å². The van der Waals surface area contributed by atoms with E-state index in [1.54, 1.807) is 0 Å². The molecule has 50 heavy (non-hydrogen) atoms. The van der Waals surface area contributed by atoms with E-state index in [1.807, 2.05) is 24.3 Å². The van der Waals surface area contributed by atoms with Crippen LogP contribution in [0.5, 0.6) is 0 Å². The second kappa shape index (κ2) is 11.8. The van der Waals surface area contributed by atoms with Gasteiger partial charge in [-0.2, -0.15) is 0 Å². The van der Waals surface area contributed by atoms with Gasteiger partial charge >= 0.3 is 249 Å². The van der Waals surface area contributed by atoms with Gasteiger partial charge in [-0.1, -0.05) is 24.3 Å². The van der Waals surface area contributed by atoms with E-state index in [9.17, 15) is 0 Å². The number of aromatic nitrogens is 3. The minimum absolute atomic E-state index is 0.159. The molecule has 10 rings (SSSR count). The summed E-state index contributed by atoms with van der Waals surface area (Å²) in [7, 11) is 0. The summed E-state index contributed by atoms with van der Waals surface area (Å²) in [5.41, 5.74) is 9.31. The number of hydrogen-bond donors (Lipinski definition) is 0. The average molecular weight is 705 g/mol. The number of para-hydroxylation sites is 1. The molecule has 0 aliphatic rings. The van der Waals surface area contributed by atoms with Crippen LogP contribution in [0.1, 0.15) is 0 Å². The SMILES string of the molecule is c1ccc(-c2ccc(-c3nc(-c4ccc(-c5cccc6oc7ccccc7c56)cc4)nc(-c4cccc5c4[se]c4ccccc45)n3)cc2)cc1. The summed E-state index contributed by atoms with van der Waals surface area (Å²) in [6.45, 7) is 0. The first-order chi connectivity index (χ1) is 24.8. The molecule has 234 valence electrons. The van der Waals surface area contributed by atoms with E-state index in [2.05, 4.69) is 140 Å². The summed E-state index contributed by atoms with van der Waals surface area (Å²) in [4.78, 5) is 15.4. The topological polar surface area (TPSA) is 51.8 Å². The number of hydrogen-bond acceptors (Lipinski definition) is 4. The van der Waals surface area contributed by atoms with Crippen molar-refractivity contribution in [1.29, 1.82) is 0 Å². The predicted molar refractivity (Wildman–Crippen MR) is 206 cm³/mol. The van der Waals surface area contributed by atoms with Gasteiger partial charge in [-0.15, -0.1) is 0 Å². The van der Waals surface area contributed by atoms with E-state index in [0.29, 0.717) is 17.5 Å². The van der Waals surface area contributed by atoms with Crippen molar-refractivity contribution in [2.45, 2.75) is 0 Å². The molecule has 0 atom stereocenters. The Morgan fingerprint density at radius 2 is 0.900 bits per heavy atom. The van der Waals surface area contributed by atoms with E-state index >= 15 is 0 Å². The monoisotopic (exact) mass is 705 g/mol. The van der Waals surface area contributed by atoms with E-state index in [0.717, 1.165) is 55.3 Å². The third-order valence-corrected chi connectivity index (χ3v) is 11.9. The molecule has 0 spiro atoms. The Balaban J connectivity index is 1.12. The van der Waals surface area contributed by atoms with Gasteiger partial charge in [0.15, 0.2) is 0 Å². The van der Waals surface area contributed by atoms with E-state index in [1.165, 1.54) is 24.9 Å². The van der Waals surface area contributed by atoms with Crippen LogP contribution in [0.25, 0.3) is 97.6 Å². The fourth-order valence-electron chi connectivity index (χ4n) is 6.93. The first kappa shape index (κ1) is 28.8. The molecule has 3 heterocycles. The zero-order valence-corrected chi connectivity index (χ0v) is 28.5. The molecule has 0 fully saturated rings. The summed E-state index contributed by atoms with van der Waals surface area (Å²) < 4.78 is 8.89. The Kier molecular flexibility index (Phi) is 6.80. The predicted octanol–water partition coefficient (Wildman–Crippen LogP) is 11.5. The molecule has 3 aromatic heterocycles. The van der Waals surface area contributed by atoms with Gasteiger partial charge in [0.05, 0.1) is 0 Å². The van der Waals surface area contributed by atoms with Crippen LogP contribution in [0.15, 0.2) is 168 Å². The number of nitrogens with zero attached hydrogens (tertiary/aromatic N) is 3. The van der Waals surface area contributed by atoms with Crippen LogP contribution in [0.4, 0.5) is 0 Å². The molecule has 7 aromatic carbocycles. The van der Waals surface area contributed by atoms with Crippen molar-refractivity contribution in [2.75, 3.05) is 0 Å². The van der Waals surface area contributed by atoms with Crippen molar-refractivity contribution < 1.29 is 4.42 Å². The Morgan fingerprint density at radius 1 is 0.360 bits per heavy atom. The van der Waals surface area contributed by atoms with Gasteiger partial charge in [0.25, 0.3) is 0 Å². The van der Waals surface area contributed by atoms with Crippen molar-refractivity contribution in [2.24, 2.45) is 0 Å². The first-order valence-corrected chi connectivity index (χ1v) is 18.3. The first-order valence-electron chi connectivity index (χ1n) is 16.6. The average Bonchev–Trinajstić information content (AvgIpc) is 3.77. The fraction of sp³-hybridized carbons (Fsp3) is 0. The van der Waals surface area contributed by atoms with Crippen LogP contribution >= 0.6 is 0 Å². The Bertz CT molecular complexity index is 2850. The number of benzene rings is 7. The number of fused-ring (bicyclic) bond motifs is 6. The summed E-state index contributed by atoms with van der Waals surface area (Å²) in [6, 6.07) is 57.2. The third-order valence-electron chi connectivity index (χ3n) is 9.39. The second-order valence-corrected chi connectivity index (χ2v) is 14.6. The Labute approximate surface area is 294 Å². The molecule has 0 aliphatic heterocycles. The fourth-order valence-corrected chi connectivity index (χ4v) is 9.48. The third kappa shape index (κ3) is 4.87. The van der Waals surface area contributed by atoms with Crippen molar-refractivity contribution >= 4 is 55.7 Å². The van der Waals surface area contributed by atoms with Gasteiger partial charge in [0.2, 0.25) is 0 Å². The van der Waals surface area contributed by atoms with Crippen molar-refractivity contribution in [3.63, 3.8) is 0 Å². The molecular formula is C45H27N3OSe. The molecule has 0 unspecified atom stereocenters. The van der Waals surface area contributed by atoms with Gasteiger partial charge < -0.3 is 4.42 Å². The Morgan fingerprint density at radius 3 is 1.68 bits per heavy atom. The molecule has 0 amide bonds.